The fraction of sp³-hybridized carbons (Fsp3) is 0.105. The van der Waals surface area contributed by atoms with Crippen molar-refractivity contribution in [2.45, 2.75) is 6.04 Å². The van der Waals surface area contributed by atoms with Crippen LogP contribution in [0.15, 0.2) is 60.2 Å². The Bertz CT molecular complexity index is 997. The van der Waals surface area contributed by atoms with Crippen LogP contribution < -0.4 is 0 Å². The van der Waals surface area contributed by atoms with E-state index < -0.39 is 40.9 Å². The summed E-state index contributed by atoms with van der Waals surface area (Å²) in [5, 5.41) is 30.7. The number of aliphatic hydroxyl groups is 1. The molecule has 28 heavy (non-hydrogen) atoms. The molecule has 0 unspecified atom stereocenters. The third kappa shape index (κ3) is 3.32. The molecule has 1 aliphatic rings. The smallest absolute Gasteiger partial charge is 0.323 e. The molecule has 3 rings (SSSR count). The van der Waals surface area contributed by atoms with E-state index in [1.165, 1.54) is 36.4 Å². The van der Waals surface area contributed by atoms with Crippen LogP contribution in [0.5, 0.6) is 0 Å². The summed E-state index contributed by atoms with van der Waals surface area (Å²) in [6.45, 7) is -0.766. The van der Waals surface area contributed by atoms with Gasteiger partial charge in [0.25, 0.3) is 17.4 Å². The highest BCUT2D eigenvalue weighted by molar-refractivity contribution is 6.46. The van der Waals surface area contributed by atoms with Gasteiger partial charge in [0.2, 0.25) is 0 Å². The van der Waals surface area contributed by atoms with Gasteiger partial charge in [-0.3, -0.25) is 24.5 Å². The summed E-state index contributed by atoms with van der Waals surface area (Å²) in [7, 11) is 0. The third-order valence-corrected chi connectivity index (χ3v) is 4.31. The zero-order valence-electron chi connectivity index (χ0n) is 14.3. The number of nitrogens with zero attached hydrogens (tertiary/aromatic N) is 2. The van der Waals surface area contributed by atoms with Crippen molar-refractivity contribution in [2.24, 2.45) is 0 Å². The molecule has 1 heterocycles. The van der Waals surface area contributed by atoms with E-state index in [9.17, 15) is 29.6 Å². The number of aliphatic carboxylic acids is 1. The van der Waals surface area contributed by atoms with Crippen LogP contribution in [0, 0.1) is 10.1 Å². The maximum absolute atomic E-state index is 12.6. The number of carboxylic acids is 1. The van der Waals surface area contributed by atoms with Gasteiger partial charge in [0.05, 0.1) is 16.5 Å². The molecule has 0 saturated carbocycles. The summed E-state index contributed by atoms with van der Waals surface area (Å²) >= 11 is 0. The van der Waals surface area contributed by atoms with Crippen molar-refractivity contribution in [2.75, 3.05) is 6.54 Å². The summed E-state index contributed by atoms with van der Waals surface area (Å²) in [5.41, 5.74) is 0.0690. The predicted octanol–water partition coefficient (Wildman–Crippen LogP) is 2.10. The molecule has 1 aliphatic heterocycles. The fourth-order valence-corrected chi connectivity index (χ4v) is 3.07. The first kappa shape index (κ1) is 18.8. The second kappa shape index (κ2) is 7.31. The number of Topliss-reactive ketones (excluding diaryl/α,β-unsaturated/α-hetero) is 1. The van der Waals surface area contributed by atoms with E-state index in [1.54, 1.807) is 18.2 Å². The predicted molar refractivity (Wildman–Crippen MR) is 96.2 cm³/mol. The van der Waals surface area contributed by atoms with Crippen molar-refractivity contribution < 1.29 is 29.5 Å². The Morgan fingerprint density at radius 1 is 1.04 bits per heavy atom. The van der Waals surface area contributed by atoms with Gasteiger partial charge in [0.1, 0.15) is 12.3 Å². The molecule has 2 aromatic carbocycles. The van der Waals surface area contributed by atoms with Crippen molar-refractivity contribution in [1.82, 2.24) is 4.90 Å². The molecule has 1 fully saturated rings. The number of nitro benzene ring substituents is 1. The lowest BCUT2D eigenvalue weighted by atomic mass is 9.95. The van der Waals surface area contributed by atoms with Crippen LogP contribution in [0.1, 0.15) is 17.2 Å². The molecule has 9 nitrogen and oxygen atoms in total. The zero-order chi connectivity index (χ0) is 20.4. The fourth-order valence-electron chi connectivity index (χ4n) is 3.07. The average Bonchev–Trinajstić information content (AvgIpc) is 2.92. The number of ketones is 1. The summed E-state index contributed by atoms with van der Waals surface area (Å²) in [6.07, 6.45) is 0. The standard InChI is InChI=1S/C19H14N2O7/c22-14(23)10-20-16(11-6-8-13(9-7-11)21(27)28)15(18(25)19(20)26)17(24)12-4-2-1-3-5-12/h1-9,16,24H,10H2,(H,22,23)/t16-/m0/s1. The lowest BCUT2D eigenvalue weighted by molar-refractivity contribution is -0.384. The third-order valence-electron chi connectivity index (χ3n) is 4.31. The largest absolute Gasteiger partial charge is 0.507 e. The zero-order valence-corrected chi connectivity index (χ0v) is 14.3. The Hall–Kier alpha value is -4.01. The maximum atomic E-state index is 12.6. The van der Waals surface area contributed by atoms with Crippen LogP contribution in [0.3, 0.4) is 0 Å². The molecule has 0 aromatic heterocycles. The van der Waals surface area contributed by atoms with Crippen LogP contribution in [0.25, 0.3) is 5.76 Å². The minimum Gasteiger partial charge on any atom is -0.507 e. The maximum Gasteiger partial charge on any atom is 0.323 e. The molecular weight excluding hydrogens is 368 g/mol. The number of nitro groups is 1. The number of amides is 1. The summed E-state index contributed by atoms with van der Waals surface area (Å²) < 4.78 is 0. The molecule has 142 valence electrons. The summed E-state index contributed by atoms with van der Waals surface area (Å²) in [5.74, 6) is -3.88. The highest BCUT2D eigenvalue weighted by atomic mass is 16.6. The second-order valence-corrected chi connectivity index (χ2v) is 6.04. The van der Waals surface area contributed by atoms with Crippen molar-refractivity contribution in [3.05, 3.63) is 81.4 Å². The van der Waals surface area contributed by atoms with Gasteiger partial charge in [-0.25, -0.2) is 0 Å². The Kier molecular flexibility index (Phi) is 4.90. The van der Waals surface area contributed by atoms with E-state index in [0.29, 0.717) is 0 Å². The monoisotopic (exact) mass is 382 g/mol. The Balaban J connectivity index is 2.18. The Morgan fingerprint density at radius 2 is 1.64 bits per heavy atom. The highest BCUT2D eigenvalue weighted by Crippen LogP contribution is 2.39. The Morgan fingerprint density at radius 3 is 2.18 bits per heavy atom. The van der Waals surface area contributed by atoms with Crippen LogP contribution in [-0.4, -0.2) is 44.2 Å². The van der Waals surface area contributed by atoms with E-state index >= 15 is 0 Å². The number of hydrogen-bond donors (Lipinski definition) is 2. The van der Waals surface area contributed by atoms with Gasteiger partial charge in [-0.1, -0.05) is 30.3 Å². The van der Waals surface area contributed by atoms with Crippen molar-refractivity contribution in [3.8, 4) is 0 Å². The number of benzene rings is 2. The molecule has 2 N–H and O–H groups in total. The van der Waals surface area contributed by atoms with E-state index in [2.05, 4.69) is 0 Å². The molecule has 1 saturated heterocycles. The molecule has 2 aromatic rings. The Labute approximate surface area is 158 Å². The number of rotatable bonds is 5. The number of non-ortho nitro benzene ring substituents is 1. The number of carboxylic acid groups (broad SMARTS) is 1. The quantitative estimate of drug-likeness (QED) is 0.265. The van der Waals surface area contributed by atoms with Gasteiger partial charge in [-0.05, 0) is 17.7 Å². The molecule has 0 radical (unpaired) electrons. The molecule has 1 amide bonds. The van der Waals surface area contributed by atoms with Gasteiger partial charge in [-0.2, -0.15) is 0 Å². The van der Waals surface area contributed by atoms with Crippen molar-refractivity contribution >= 4 is 29.1 Å². The highest BCUT2D eigenvalue weighted by Gasteiger charge is 2.46. The van der Waals surface area contributed by atoms with Gasteiger partial charge >= 0.3 is 5.97 Å². The first-order valence-corrected chi connectivity index (χ1v) is 8.11. The van der Waals surface area contributed by atoms with E-state index in [1.807, 2.05) is 0 Å². The van der Waals surface area contributed by atoms with Crippen LogP contribution in [0.2, 0.25) is 0 Å². The van der Waals surface area contributed by atoms with E-state index in [0.717, 1.165) is 4.90 Å². The van der Waals surface area contributed by atoms with Gasteiger partial charge in [0, 0.05) is 17.7 Å². The van der Waals surface area contributed by atoms with E-state index in [4.69, 9.17) is 5.11 Å². The number of hydrogen-bond acceptors (Lipinski definition) is 6. The molecule has 9 heteroatoms. The number of aliphatic hydroxyl groups excluding tert-OH is 1. The van der Waals surface area contributed by atoms with Gasteiger partial charge < -0.3 is 15.1 Å². The lowest BCUT2D eigenvalue weighted by Crippen LogP contribution is -2.34. The van der Waals surface area contributed by atoms with E-state index in [-0.39, 0.29) is 22.4 Å². The van der Waals surface area contributed by atoms with Gasteiger partial charge in [0.15, 0.2) is 0 Å². The first-order chi connectivity index (χ1) is 13.3. The topological polar surface area (TPSA) is 138 Å². The van der Waals surface area contributed by atoms with Crippen LogP contribution in [0.4, 0.5) is 5.69 Å². The molecule has 0 spiro atoms. The number of carbonyl (C=O) groups excluding carboxylic acids is 2. The molecule has 1 atom stereocenters. The SMILES string of the molecule is O=C(O)CN1C(=O)C(=O)C(=C(O)c2ccccc2)[C@@H]1c1ccc([N+](=O)[O-])cc1. The molecule has 0 bridgehead atoms. The van der Waals surface area contributed by atoms with Gasteiger partial charge in [-0.15, -0.1) is 0 Å². The molecule has 0 aliphatic carbocycles. The van der Waals surface area contributed by atoms with Crippen molar-refractivity contribution in [3.63, 3.8) is 0 Å². The number of carbonyl (C=O) groups is 3. The first-order valence-electron chi connectivity index (χ1n) is 8.11. The number of likely N-dealkylation sites (tertiary alicyclic amines) is 1. The van der Waals surface area contributed by atoms with Crippen LogP contribution >= 0.6 is 0 Å². The minimum absolute atomic E-state index is 0.206. The summed E-state index contributed by atoms with van der Waals surface area (Å²) in [6, 6.07) is 11.8. The normalized spacial score (nSPS) is 18.3. The van der Waals surface area contributed by atoms with Crippen LogP contribution in [-0.2, 0) is 14.4 Å². The summed E-state index contributed by atoms with van der Waals surface area (Å²) in [4.78, 5) is 47.2. The average molecular weight is 382 g/mol. The second-order valence-electron chi connectivity index (χ2n) is 6.04. The van der Waals surface area contributed by atoms with Crippen molar-refractivity contribution in [1.29, 1.82) is 0 Å². The molecular formula is C19H14N2O7. The lowest BCUT2D eigenvalue weighted by Gasteiger charge is -2.23. The minimum atomic E-state index is -1.34.